The molecule has 1 aliphatic rings. The Morgan fingerprint density at radius 1 is 1.07 bits per heavy atom. The number of hydrogen-bond donors (Lipinski definition) is 2. The Bertz CT molecular complexity index is 1060. The Morgan fingerprint density at radius 2 is 1.77 bits per heavy atom. The molecule has 0 amide bonds. The van der Waals surface area contributed by atoms with E-state index in [1.54, 1.807) is 30.3 Å². The van der Waals surface area contributed by atoms with Crippen LogP contribution in [0, 0.1) is 11.8 Å². The van der Waals surface area contributed by atoms with Gasteiger partial charge in [-0.15, -0.1) is 0 Å². The number of hydrogen-bond acceptors (Lipinski definition) is 5. The van der Waals surface area contributed by atoms with E-state index >= 15 is 0 Å². The molecule has 0 saturated heterocycles. The third kappa shape index (κ3) is 10.3. The minimum atomic E-state index is -3.21. The van der Waals surface area contributed by atoms with Gasteiger partial charge in [0, 0.05) is 25.2 Å². The molecule has 1 fully saturated rings. The third-order valence-electron chi connectivity index (χ3n) is 7.31. The zero-order valence-corrected chi connectivity index (χ0v) is 23.2. The summed E-state index contributed by atoms with van der Waals surface area (Å²) < 4.78 is 40.2. The van der Waals surface area contributed by atoms with E-state index < -0.39 is 18.1 Å². The molecule has 2 unspecified atom stereocenters. The number of para-hydroxylation sites is 1. The summed E-state index contributed by atoms with van der Waals surface area (Å²) in [6.45, 7) is 2.18. The van der Waals surface area contributed by atoms with Crippen molar-refractivity contribution in [1.29, 1.82) is 0 Å². The fraction of sp³-hybridized carbons (Fsp3) is 0.485. The minimum absolute atomic E-state index is 0.243. The van der Waals surface area contributed by atoms with Gasteiger partial charge < -0.3 is 19.7 Å². The Balaban J connectivity index is 1.57. The van der Waals surface area contributed by atoms with Gasteiger partial charge in [-0.3, -0.25) is 4.79 Å². The van der Waals surface area contributed by atoms with Crippen molar-refractivity contribution in [2.75, 3.05) is 0 Å². The van der Waals surface area contributed by atoms with E-state index in [-0.39, 0.29) is 36.8 Å². The van der Waals surface area contributed by atoms with Crippen LogP contribution in [0.5, 0.6) is 5.75 Å². The van der Waals surface area contributed by atoms with Crippen molar-refractivity contribution >= 4 is 5.97 Å². The molecule has 0 bridgehead atoms. The molecule has 40 heavy (non-hydrogen) atoms. The highest BCUT2D eigenvalue weighted by atomic mass is 19.3. The second kappa shape index (κ2) is 16.4. The highest BCUT2D eigenvalue weighted by molar-refractivity contribution is 5.72. The molecule has 1 saturated carbocycles. The molecule has 0 radical (unpaired) electrons. The molecule has 0 aromatic heterocycles. The first-order valence-corrected chi connectivity index (χ1v) is 14.3. The van der Waals surface area contributed by atoms with Gasteiger partial charge in [0.2, 0.25) is 0 Å². The van der Waals surface area contributed by atoms with Crippen molar-refractivity contribution in [3.63, 3.8) is 0 Å². The summed E-state index contributed by atoms with van der Waals surface area (Å²) >= 11 is 0. The maximum Gasteiger partial charge on any atom is 0.311 e. The average molecular weight is 557 g/mol. The smallest absolute Gasteiger partial charge is 0.311 e. The van der Waals surface area contributed by atoms with Crippen LogP contribution in [0.2, 0.25) is 0 Å². The van der Waals surface area contributed by atoms with Gasteiger partial charge in [0.05, 0.1) is 18.8 Å². The van der Waals surface area contributed by atoms with Gasteiger partial charge in [-0.1, -0.05) is 86.2 Å². The van der Waals surface area contributed by atoms with Crippen LogP contribution in [0.25, 0.3) is 0 Å². The molecule has 218 valence electrons. The maximum absolute atomic E-state index is 14.4. The van der Waals surface area contributed by atoms with Gasteiger partial charge in [-0.2, -0.15) is 0 Å². The number of aliphatic hydroxyl groups excluding tert-OH is 2. The molecule has 2 N–H and O–H groups in total. The van der Waals surface area contributed by atoms with E-state index in [0.717, 1.165) is 5.56 Å². The van der Waals surface area contributed by atoms with Crippen molar-refractivity contribution in [1.82, 2.24) is 0 Å². The number of allylic oxidation sites excluding steroid dienone is 2. The Morgan fingerprint density at radius 3 is 2.48 bits per heavy atom. The number of carbonyl (C=O) groups excluding carboxylic acids is 1. The first-order valence-electron chi connectivity index (χ1n) is 14.3. The van der Waals surface area contributed by atoms with Gasteiger partial charge in [-0.05, 0) is 49.3 Å². The molecular formula is C33H42F2O5. The number of benzene rings is 2. The molecule has 5 atom stereocenters. The summed E-state index contributed by atoms with van der Waals surface area (Å²) in [5, 5.41) is 21.1. The van der Waals surface area contributed by atoms with E-state index in [4.69, 9.17) is 9.47 Å². The third-order valence-corrected chi connectivity index (χ3v) is 7.31. The van der Waals surface area contributed by atoms with Crippen LogP contribution in [0.1, 0.15) is 63.9 Å². The summed E-state index contributed by atoms with van der Waals surface area (Å²) in [7, 11) is 0. The second-order valence-electron chi connectivity index (χ2n) is 10.5. The molecule has 0 spiro atoms. The van der Waals surface area contributed by atoms with Crippen LogP contribution in [-0.4, -0.2) is 40.4 Å². The number of halogens is 2. The lowest BCUT2D eigenvalue weighted by molar-refractivity contribution is -0.134. The summed E-state index contributed by atoms with van der Waals surface area (Å²) in [5.41, 5.74) is 0.986. The number of aliphatic hydroxyl groups is 2. The standard InChI is InChI=1S/C33H42F2O5/c1-2-3-22-33(34,35)31(37)21-20-28-27(29(36)23-30(28)39-24-25-14-8-6-9-15-25)18-12-4-5-13-19-32(38)40-26-16-10-7-11-17-26/h4,6-12,14-17,20-21,27-31,36-37H,2-3,5,13,18-19,22-24H2,1H3/b12-4-,21-20+/t27-,28+,29?,30+,31?/m0/s1. The Labute approximate surface area is 236 Å². The largest absolute Gasteiger partial charge is 0.427 e. The van der Waals surface area contributed by atoms with Gasteiger partial charge >= 0.3 is 5.97 Å². The molecule has 1 aliphatic carbocycles. The fourth-order valence-corrected chi connectivity index (χ4v) is 4.98. The second-order valence-corrected chi connectivity index (χ2v) is 10.5. The van der Waals surface area contributed by atoms with Crippen molar-refractivity contribution in [3.8, 4) is 5.75 Å². The predicted molar refractivity (Wildman–Crippen MR) is 152 cm³/mol. The highest BCUT2D eigenvalue weighted by Crippen LogP contribution is 2.39. The van der Waals surface area contributed by atoms with Crippen molar-refractivity contribution in [2.45, 2.75) is 89.1 Å². The molecule has 3 rings (SSSR count). The number of ether oxygens (including phenoxy) is 2. The summed E-state index contributed by atoms with van der Waals surface area (Å²) in [5.74, 6) is -3.55. The number of unbranched alkanes of at least 4 members (excludes halogenated alkanes) is 2. The van der Waals surface area contributed by atoms with Crippen molar-refractivity contribution in [3.05, 3.63) is 90.5 Å². The van der Waals surface area contributed by atoms with Crippen LogP contribution in [0.15, 0.2) is 85.0 Å². The molecular weight excluding hydrogens is 514 g/mol. The quantitative estimate of drug-likeness (QED) is 0.100. The highest BCUT2D eigenvalue weighted by Gasteiger charge is 2.42. The lowest BCUT2D eigenvalue weighted by Crippen LogP contribution is -2.32. The first kappa shape index (κ1) is 31.7. The molecule has 5 nitrogen and oxygen atoms in total. The topological polar surface area (TPSA) is 76.0 Å². The summed E-state index contributed by atoms with van der Waals surface area (Å²) in [6.07, 6.45) is 6.86. The number of alkyl halides is 2. The van der Waals surface area contributed by atoms with E-state index in [9.17, 15) is 23.8 Å². The minimum Gasteiger partial charge on any atom is -0.427 e. The van der Waals surface area contributed by atoms with Gasteiger partial charge in [0.1, 0.15) is 11.9 Å². The lowest BCUT2D eigenvalue weighted by atomic mass is 9.89. The average Bonchev–Trinajstić information content (AvgIpc) is 3.25. The molecule has 0 aliphatic heterocycles. The molecule has 2 aromatic rings. The maximum atomic E-state index is 14.4. The Kier molecular flexibility index (Phi) is 13.0. The zero-order valence-electron chi connectivity index (χ0n) is 23.2. The van der Waals surface area contributed by atoms with Gasteiger partial charge in [0.25, 0.3) is 5.92 Å². The summed E-state index contributed by atoms with van der Waals surface area (Å²) in [4.78, 5) is 12.0. The van der Waals surface area contributed by atoms with Gasteiger partial charge in [-0.25, -0.2) is 8.78 Å². The number of esters is 1. The van der Waals surface area contributed by atoms with Crippen molar-refractivity contribution in [2.24, 2.45) is 11.8 Å². The van der Waals surface area contributed by atoms with E-state index in [0.29, 0.717) is 50.9 Å². The monoisotopic (exact) mass is 556 g/mol. The van der Waals surface area contributed by atoms with Crippen LogP contribution < -0.4 is 4.74 Å². The molecule has 0 heterocycles. The van der Waals surface area contributed by atoms with E-state index in [1.807, 2.05) is 55.5 Å². The predicted octanol–water partition coefficient (Wildman–Crippen LogP) is 7.03. The van der Waals surface area contributed by atoms with Crippen LogP contribution in [-0.2, 0) is 16.1 Å². The van der Waals surface area contributed by atoms with Crippen LogP contribution >= 0.6 is 0 Å². The van der Waals surface area contributed by atoms with Crippen LogP contribution in [0.4, 0.5) is 8.78 Å². The van der Waals surface area contributed by atoms with Crippen molar-refractivity contribution < 1.29 is 33.3 Å². The number of carbonyl (C=O) groups is 1. The summed E-state index contributed by atoms with van der Waals surface area (Å²) in [6, 6.07) is 18.6. The van der Waals surface area contributed by atoms with Gasteiger partial charge in [0.15, 0.2) is 0 Å². The lowest BCUT2D eigenvalue weighted by Gasteiger charge is -2.24. The SMILES string of the molecule is CCCCC(F)(F)C(O)/C=C/[C@@H]1[C@H](C/C=C\CCCC(=O)Oc2ccccc2)C(O)C[C@H]1OCc1ccccc1. The Hall–Kier alpha value is -2.87. The van der Waals surface area contributed by atoms with E-state index in [1.165, 1.54) is 6.08 Å². The first-order chi connectivity index (χ1) is 19.3. The fourth-order valence-electron chi connectivity index (χ4n) is 4.98. The van der Waals surface area contributed by atoms with E-state index in [2.05, 4.69) is 0 Å². The molecule has 2 aromatic carbocycles. The van der Waals surface area contributed by atoms with Crippen LogP contribution in [0.3, 0.4) is 0 Å². The number of rotatable bonds is 16. The normalized spacial score (nSPS) is 22.2. The molecule has 7 heteroatoms. The zero-order chi connectivity index (χ0) is 28.8.